The van der Waals surface area contributed by atoms with E-state index in [2.05, 4.69) is 27.7 Å². The second-order valence-corrected chi connectivity index (χ2v) is 7.58. The summed E-state index contributed by atoms with van der Waals surface area (Å²) in [5.41, 5.74) is 0.582. The van der Waals surface area contributed by atoms with Crippen LogP contribution >= 0.6 is 12.4 Å². The highest BCUT2D eigenvalue weighted by atomic mass is 35.5. The molecule has 166 valence electrons. The van der Waals surface area contributed by atoms with Crippen molar-refractivity contribution >= 4 is 24.3 Å². The lowest BCUT2D eigenvalue weighted by Crippen LogP contribution is -2.19. The Morgan fingerprint density at radius 1 is 0.759 bits per heavy atom. The van der Waals surface area contributed by atoms with Crippen molar-refractivity contribution in [2.24, 2.45) is 11.8 Å². The van der Waals surface area contributed by atoms with Gasteiger partial charge in [-0.05, 0) is 36.8 Å². The molecule has 0 heterocycles. The van der Waals surface area contributed by atoms with Gasteiger partial charge < -0.3 is 9.47 Å². The normalized spacial score (nSPS) is 12.6. The Hall–Kier alpha value is -1.55. The molecule has 0 aliphatic heterocycles. The number of unbranched alkanes of at least 4 members (excludes halogenated alkanes) is 2. The molecule has 0 saturated carbocycles. The van der Waals surface area contributed by atoms with Gasteiger partial charge in [-0.2, -0.15) is 0 Å². The van der Waals surface area contributed by atoms with Crippen molar-refractivity contribution in [3.63, 3.8) is 0 Å². The van der Waals surface area contributed by atoms with E-state index in [4.69, 9.17) is 9.47 Å². The molecule has 1 rings (SSSR count). The summed E-state index contributed by atoms with van der Waals surface area (Å²) in [6.45, 7) is 9.34. The van der Waals surface area contributed by atoms with E-state index in [0.29, 0.717) is 36.2 Å². The van der Waals surface area contributed by atoms with E-state index >= 15 is 0 Å². The number of ether oxygens (including phenoxy) is 2. The number of rotatable bonds is 14. The van der Waals surface area contributed by atoms with Gasteiger partial charge in [-0.1, -0.05) is 78.4 Å². The molecule has 0 saturated heterocycles. The average molecular weight is 427 g/mol. The quantitative estimate of drug-likeness (QED) is 0.305. The molecule has 0 aromatic heterocycles. The zero-order valence-corrected chi connectivity index (χ0v) is 19.4. The molecule has 5 heteroatoms. The van der Waals surface area contributed by atoms with Crippen LogP contribution < -0.4 is 0 Å². The summed E-state index contributed by atoms with van der Waals surface area (Å²) in [5.74, 6) is -0.153. The van der Waals surface area contributed by atoms with Crippen LogP contribution in [0, 0.1) is 11.8 Å². The van der Waals surface area contributed by atoms with E-state index in [1.807, 2.05) is 0 Å². The summed E-state index contributed by atoms with van der Waals surface area (Å²) >= 11 is 0. The van der Waals surface area contributed by atoms with Gasteiger partial charge in [0, 0.05) is 0 Å². The number of hydrogen-bond acceptors (Lipinski definition) is 4. The van der Waals surface area contributed by atoms with Gasteiger partial charge in [0.05, 0.1) is 24.3 Å². The van der Waals surface area contributed by atoms with E-state index < -0.39 is 11.9 Å². The third-order valence-corrected chi connectivity index (χ3v) is 5.35. The summed E-state index contributed by atoms with van der Waals surface area (Å²) in [6.07, 6.45) is 8.61. The Bertz CT molecular complexity index is 537. The Morgan fingerprint density at radius 3 is 1.45 bits per heavy atom. The summed E-state index contributed by atoms with van der Waals surface area (Å²) in [4.78, 5) is 25.1. The van der Waals surface area contributed by atoms with Crippen LogP contribution in [0.25, 0.3) is 0 Å². The van der Waals surface area contributed by atoms with Crippen LogP contribution in [0.15, 0.2) is 24.3 Å². The van der Waals surface area contributed by atoms with Crippen LogP contribution in [0.1, 0.15) is 99.8 Å². The number of carbonyl (C=O) groups excluding carboxylic acids is 2. The molecular formula is C24H39ClO4. The van der Waals surface area contributed by atoms with Crippen molar-refractivity contribution in [3.8, 4) is 0 Å². The molecule has 0 aliphatic carbocycles. The molecule has 0 N–H and O–H groups in total. The van der Waals surface area contributed by atoms with Gasteiger partial charge in [0.25, 0.3) is 0 Å². The molecule has 0 aliphatic rings. The minimum absolute atomic E-state index is 0. The fourth-order valence-electron chi connectivity index (χ4n) is 3.18. The third kappa shape index (κ3) is 10.2. The zero-order valence-electron chi connectivity index (χ0n) is 18.6. The lowest BCUT2D eigenvalue weighted by atomic mass is 10.0. The maximum Gasteiger partial charge on any atom is 0.339 e. The smallest absolute Gasteiger partial charge is 0.339 e. The molecule has 0 spiro atoms. The highest BCUT2D eigenvalue weighted by Gasteiger charge is 2.21. The molecular weight excluding hydrogens is 388 g/mol. The zero-order chi connectivity index (χ0) is 20.8. The first-order valence-corrected chi connectivity index (χ1v) is 11.0. The van der Waals surface area contributed by atoms with Crippen molar-refractivity contribution in [2.45, 2.75) is 79.1 Å². The summed E-state index contributed by atoms with van der Waals surface area (Å²) < 4.78 is 11.0. The Labute approximate surface area is 183 Å². The first-order chi connectivity index (χ1) is 13.6. The van der Waals surface area contributed by atoms with Crippen LogP contribution in [0.2, 0.25) is 0 Å². The number of hydrogen-bond donors (Lipinski definition) is 0. The van der Waals surface area contributed by atoms with E-state index in [9.17, 15) is 9.59 Å². The number of halogens is 1. The maximum atomic E-state index is 12.6. The standard InChI is InChI=1S/C24H38O4.ClH/c1-5-9-13-19(7-3)17-27-23(25)21-15-11-12-16-22(21)24(26)28-18-20(8-4)14-10-6-2;/h11-12,15-16,19-20H,5-10,13-14,17-18H2,1-4H3;1H. The Balaban J connectivity index is 0.00000784. The van der Waals surface area contributed by atoms with Gasteiger partial charge in [-0.3, -0.25) is 0 Å². The third-order valence-electron chi connectivity index (χ3n) is 5.35. The predicted octanol–water partition coefficient (Wildman–Crippen LogP) is 6.85. The number of esters is 2. The molecule has 2 atom stereocenters. The minimum atomic E-state index is -0.444. The largest absolute Gasteiger partial charge is 0.462 e. The second kappa shape index (κ2) is 16.3. The summed E-state index contributed by atoms with van der Waals surface area (Å²) in [6, 6.07) is 6.77. The van der Waals surface area contributed by atoms with Crippen LogP contribution in [-0.2, 0) is 9.47 Å². The van der Waals surface area contributed by atoms with Gasteiger partial charge >= 0.3 is 11.9 Å². The van der Waals surface area contributed by atoms with Crippen LogP contribution in [-0.4, -0.2) is 25.2 Å². The van der Waals surface area contributed by atoms with E-state index in [-0.39, 0.29) is 12.4 Å². The van der Waals surface area contributed by atoms with Gasteiger partial charge in [0.1, 0.15) is 0 Å². The number of carbonyl (C=O) groups is 2. The van der Waals surface area contributed by atoms with E-state index in [0.717, 1.165) is 51.4 Å². The fraction of sp³-hybridized carbons (Fsp3) is 0.667. The highest BCUT2D eigenvalue weighted by Crippen LogP contribution is 2.18. The van der Waals surface area contributed by atoms with E-state index in [1.165, 1.54) is 0 Å². The van der Waals surface area contributed by atoms with Crippen molar-refractivity contribution in [3.05, 3.63) is 35.4 Å². The number of benzene rings is 1. The molecule has 0 bridgehead atoms. The monoisotopic (exact) mass is 426 g/mol. The summed E-state index contributed by atoms with van der Waals surface area (Å²) in [5, 5.41) is 0. The SMILES string of the molecule is CCCCC(CC)COC(=O)c1ccccc1C(=O)OCC(CC)CCCC.Cl. The van der Waals surface area contributed by atoms with Crippen LogP contribution in [0.3, 0.4) is 0 Å². The molecule has 29 heavy (non-hydrogen) atoms. The highest BCUT2D eigenvalue weighted by molar-refractivity contribution is 6.03. The van der Waals surface area contributed by atoms with E-state index in [1.54, 1.807) is 24.3 Å². The maximum absolute atomic E-state index is 12.6. The summed E-state index contributed by atoms with van der Waals surface area (Å²) in [7, 11) is 0. The minimum Gasteiger partial charge on any atom is -0.462 e. The first-order valence-electron chi connectivity index (χ1n) is 11.0. The lowest BCUT2D eigenvalue weighted by Gasteiger charge is -2.17. The van der Waals surface area contributed by atoms with Crippen molar-refractivity contribution in [1.29, 1.82) is 0 Å². The second-order valence-electron chi connectivity index (χ2n) is 7.58. The van der Waals surface area contributed by atoms with Crippen molar-refractivity contribution in [1.82, 2.24) is 0 Å². The Kier molecular flexibility index (Phi) is 15.4. The van der Waals surface area contributed by atoms with Crippen LogP contribution in [0.4, 0.5) is 0 Å². The molecule has 4 nitrogen and oxygen atoms in total. The van der Waals surface area contributed by atoms with Gasteiger partial charge in [-0.15, -0.1) is 12.4 Å². The van der Waals surface area contributed by atoms with Gasteiger partial charge in [0.15, 0.2) is 0 Å². The van der Waals surface area contributed by atoms with Crippen LogP contribution in [0.5, 0.6) is 0 Å². The fourth-order valence-corrected chi connectivity index (χ4v) is 3.18. The van der Waals surface area contributed by atoms with Crippen molar-refractivity contribution < 1.29 is 19.1 Å². The first kappa shape index (κ1) is 27.5. The molecule has 0 amide bonds. The molecule has 1 aromatic carbocycles. The lowest BCUT2D eigenvalue weighted by molar-refractivity contribution is 0.0381. The van der Waals surface area contributed by atoms with Gasteiger partial charge in [-0.25, -0.2) is 9.59 Å². The molecule has 2 unspecified atom stereocenters. The average Bonchev–Trinajstić information content (AvgIpc) is 2.73. The predicted molar refractivity (Wildman–Crippen MR) is 121 cm³/mol. The topological polar surface area (TPSA) is 52.6 Å². The molecule has 0 fully saturated rings. The molecule has 1 aromatic rings. The Morgan fingerprint density at radius 2 is 1.14 bits per heavy atom. The molecule has 0 radical (unpaired) electrons. The van der Waals surface area contributed by atoms with Gasteiger partial charge in [0.2, 0.25) is 0 Å². The van der Waals surface area contributed by atoms with Crippen molar-refractivity contribution in [2.75, 3.05) is 13.2 Å².